The van der Waals surface area contributed by atoms with Crippen molar-refractivity contribution in [3.8, 4) is 11.5 Å². The first-order valence-corrected chi connectivity index (χ1v) is 10.0. The summed E-state index contributed by atoms with van der Waals surface area (Å²) in [5.41, 5.74) is 1.59. The van der Waals surface area contributed by atoms with E-state index in [1.54, 1.807) is 19.2 Å². The zero-order valence-corrected chi connectivity index (χ0v) is 17.4. The van der Waals surface area contributed by atoms with Crippen molar-refractivity contribution < 1.29 is 13.9 Å². The van der Waals surface area contributed by atoms with Crippen LogP contribution in [0.1, 0.15) is 56.1 Å². The highest BCUT2D eigenvalue weighted by atomic mass is 35.5. The van der Waals surface area contributed by atoms with Crippen LogP contribution in [0.5, 0.6) is 11.5 Å². The fourth-order valence-corrected chi connectivity index (χ4v) is 3.70. The normalized spacial score (nSPS) is 15.2. The van der Waals surface area contributed by atoms with Crippen molar-refractivity contribution in [2.45, 2.75) is 64.1 Å². The SMILES string of the molecule is COc1cccc(CNC2CCCCCCC2)c1OCc1ccccc1F.Cl. The number of rotatable bonds is 7. The molecule has 0 bridgehead atoms. The summed E-state index contributed by atoms with van der Waals surface area (Å²) in [6.07, 6.45) is 9.11. The second-order valence-corrected chi connectivity index (χ2v) is 7.25. The maximum Gasteiger partial charge on any atom is 0.166 e. The Kier molecular flexibility index (Phi) is 9.59. The number of hydrogen-bond donors (Lipinski definition) is 1. The maximum atomic E-state index is 13.9. The van der Waals surface area contributed by atoms with Crippen molar-refractivity contribution in [1.82, 2.24) is 5.32 Å². The van der Waals surface area contributed by atoms with Crippen LogP contribution in [0.25, 0.3) is 0 Å². The molecule has 0 atom stereocenters. The largest absolute Gasteiger partial charge is 0.493 e. The zero-order chi connectivity index (χ0) is 18.9. The van der Waals surface area contributed by atoms with Gasteiger partial charge in [0.15, 0.2) is 11.5 Å². The van der Waals surface area contributed by atoms with Gasteiger partial charge in [0.1, 0.15) is 12.4 Å². The monoisotopic (exact) mass is 407 g/mol. The molecule has 1 fully saturated rings. The molecule has 2 aromatic carbocycles. The lowest BCUT2D eigenvalue weighted by molar-refractivity contribution is 0.275. The lowest BCUT2D eigenvalue weighted by Gasteiger charge is -2.22. The third kappa shape index (κ3) is 6.39. The van der Waals surface area contributed by atoms with Crippen LogP contribution in [0.2, 0.25) is 0 Å². The van der Waals surface area contributed by atoms with Gasteiger partial charge in [-0.2, -0.15) is 0 Å². The van der Waals surface area contributed by atoms with Gasteiger partial charge in [-0.05, 0) is 25.0 Å². The molecule has 154 valence electrons. The van der Waals surface area contributed by atoms with E-state index in [0.29, 0.717) is 23.1 Å². The molecule has 0 aliphatic heterocycles. The zero-order valence-electron chi connectivity index (χ0n) is 16.6. The first-order valence-electron chi connectivity index (χ1n) is 10.0. The molecule has 2 aromatic rings. The Morgan fingerprint density at radius 1 is 0.929 bits per heavy atom. The average Bonchev–Trinajstić information content (AvgIpc) is 2.66. The van der Waals surface area contributed by atoms with E-state index in [2.05, 4.69) is 11.4 Å². The Morgan fingerprint density at radius 3 is 2.32 bits per heavy atom. The van der Waals surface area contributed by atoms with Crippen LogP contribution < -0.4 is 14.8 Å². The van der Waals surface area contributed by atoms with Crippen molar-refractivity contribution >= 4 is 12.4 Å². The van der Waals surface area contributed by atoms with E-state index in [-0.39, 0.29) is 24.8 Å². The summed E-state index contributed by atoms with van der Waals surface area (Å²) in [6, 6.07) is 13.2. The summed E-state index contributed by atoms with van der Waals surface area (Å²) in [5, 5.41) is 3.70. The van der Waals surface area contributed by atoms with Crippen molar-refractivity contribution in [2.75, 3.05) is 7.11 Å². The van der Waals surface area contributed by atoms with Crippen molar-refractivity contribution in [2.24, 2.45) is 0 Å². The first kappa shape index (κ1) is 22.5. The van der Waals surface area contributed by atoms with Gasteiger partial charge in [-0.1, -0.05) is 62.4 Å². The third-order valence-corrected chi connectivity index (χ3v) is 5.30. The van der Waals surface area contributed by atoms with Gasteiger partial charge in [0.2, 0.25) is 0 Å². The van der Waals surface area contributed by atoms with E-state index >= 15 is 0 Å². The van der Waals surface area contributed by atoms with Gasteiger partial charge < -0.3 is 14.8 Å². The average molecular weight is 408 g/mol. The van der Waals surface area contributed by atoms with Gasteiger partial charge in [-0.15, -0.1) is 12.4 Å². The Balaban J connectivity index is 0.00000280. The van der Waals surface area contributed by atoms with Crippen LogP contribution >= 0.6 is 12.4 Å². The molecule has 3 nitrogen and oxygen atoms in total. The summed E-state index contributed by atoms with van der Waals surface area (Å²) >= 11 is 0. The topological polar surface area (TPSA) is 30.5 Å². The van der Waals surface area contributed by atoms with Gasteiger partial charge in [0, 0.05) is 23.7 Å². The van der Waals surface area contributed by atoms with Crippen LogP contribution in [0.15, 0.2) is 42.5 Å². The molecule has 3 rings (SSSR count). The Morgan fingerprint density at radius 2 is 1.61 bits per heavy atom. The minimum atomic E-state index is -0.249. The van der Waals surface area contributed by atoms with Gasteiger partial charge in [-0.25, -0.2) is 4.39 Å². The van der Waals surface area contributed by atoms with Crippen LogP contribution in [-0.2, 0) is 13.2 Å². The number of para-hydroxylation sites is 1. The third-order valence-electron chi connectivity index (χ3n) is 5.30. The standard InChI is InChI=1S/C23H30FNO2.ClH/c1-26-22-15-9-11-18(16-25-20-12-5-3-2-4-6-13-20)23(22)27-17-19-10-7-8-14-21(19)24;/h7-11,14-15,20,25H,2-6,12-13,16-17H2,1H3;1H. The van der Waals surface area contributed by atoms with Crippen LogP contribution in [0, 0.1) is 5.82 Å². The molecule has 0 spiro atoms. The molecule has 28 heavy (non-hydrogen) atoms. The van der Waals surface area contributed by atoms with Crippen LogP contribution in [0.3, 0.4) is 0 Å². The van der Waals surface area contributed by atoms with Gasteiger partial charge in [0.05, 0.1) is 7.11 Å². The molecule has 0 radical (unpaired) electrons. The van der Waals surface area contributed by atoms with Gasteiger partial charge in [-0.3, -0.25) is 0 Å². The predicted octanol–water partition coefficient (Wildman–Crippen LogP) is 6.04. The number of nitrogens with one attached hydrogen (secondary N) is 1. The Bertz CT molecular complexity index is 717. The lowest BCUT2D eigenvalue weighted by Crippen LogP contribution is -2.29. The van der Waals surface area contributed by atoms with Crippen LogP contribution in [0.4, 0.5) is 4.39 Å². The van der Waals surface area contributed by atoms with E-state index < -0.39 is 0 Å². The van der Waals surface area contributed by atoms with E-state index in [1.807, 2.05) is 18.2 Å². The number of methoxy groups -OCH3 is 1. The van der Waals surface area contributed by atoms with Gasteiger partial charge >= 0.3 is 0 Å². The minimum Gasteiger partial charge on any atom is -0.493 e. The van der Waals surface area contributed by atoms with Crippen molar-refractivity contribution in [3.63, 3.8) is 0 Å². The molecular weight excluding hydrogens is 377 g/mol. The second-order valence-electron chi connectivity index (χ2n) is 7.25. The maximum absolute atomic E-state index is 13.9. The number of ether oxygens (including phenoxy) is 2. The van der Waals surface area contributed by atoms with E-state index in [9.17, 15) is 4.39 Å². The fraction of sp³-hybridized carbons (Fsp3) is 0.478. The summed E-state index contributed by atoms with van der Waals surface area (Å²) in [5.74, 6) is 1.13. The molecular formula is C23H31ClFNO2. The van der Waals surface area contributed by atoms with E-state index in [0.717, 1.165) is 12.1 Å². The quantitative estimate of drug-likeness (QED) is 0.607. The predicted molar refractivity (Wildman–Crippen MR) is 114 cm³/mol. The van der Waals surface area contributed by atoms with Gasteiger partial charge in [0.25, 0.3) is 0 Å². The second kappa shape index (κ2) is 11.9. The molecule has 0 heterocycles. The fourth-order valence-electron chi connectivity index (χ4n) is 3.70. The highest BCUT2D eigenvalue weighted by molar-refractivity contribution is 5.85. The Hall–Kier alpha value is -1.78. The number of benzene rings is 2. The minimum absolute atomic E-state index is 0. The highest BCUT2D eigenvalue weighted by Gasteiger charge is 2.15. The molecule has 1 aliphatic rings. The molecule has 0 saturated heterocycles. The summed E-state index contributed by atoms with van der Waals surface area (Å²) < 4.78 is 25.4. The Labute approximate surface area is 174 Å². The molecule has 1 N–H and O–H groups in total. The molecule has 0 aromatic heterocycles. The summed E-state index contributed by atoms with van der Waals surface area (Å²) in [6.45, 7) is 0.915. The van der Waals surface area contributed by atoms with Crippen molar-refractivity contribution in [3.05, 3.63) is 59.4 Å². The summed E-state index contributed by atoms with van der Waals surface area (Å²) in [7, 11) is 1.64. The molecule has 5 heteroatoms. The molecule has 1 aliphatic carbocycles. The smallest absolute Gasteiger partial charge is 0.166 e. The van der Waals surface area contributed by atoms with E-state index in [4.69, 9.17) is 9.47 Å². The highest BCUT2D eigenvalue weighted by Crippen LogP contribution is 2.32. The van der Waals surface area contributed by atoms with Crippen LogP contribution in [-0.4, -0.2) is 13.2 Å². The lowest BCUT2D eigenvalue weighted by atomic mass is 9.96. The molecule has 0 unspecified atom stereocenters. The number of halogens is 2. The van der Waals surface area contributed by atoms with Crippen molar-refractivity contribution in [1.29, 1.82) is 0 Å². The summed E-state index contributed by atoms with van der Waals surface area (Å²) in [4.78, 5) is 0. The first-order chi connectivity index (χ1) is 13.3. The number of hydrogen-bond acceptors (Lipinski definition) is 3. The molecule has 1 saturated carbocycles. The molecule has 0 amide bonds. The van der Waals surface area contributed by atoms with E-state index in [1.165, 1.54) is 51.0 Å².